The first-order valence-corrected chi connectivity index (χ1v) is 7.53. The van der Waals surface area contributed by atoms with Crippen molar-refractivity contribution in [2.75, 3.05) is 0 Å². The average Bonchev–Trinajstić information content (AvgIpc) is 2.78. The van der Waals surface area contributed by atoms with Crippen LogP contribution in [0.3, 0.4) is 0 Å². The maximum absolute atomic E-state index is 8.82. The van der Waals surface area contributed by atoms with E-state index in [9.17, 15) is 0 Å². The lowest BCUT2D eigenvalue weighted by atomic mass is 10.1. The van der Waals surface area contributed by atoms with E-state index in [1.54, 1.807) is 11.3 Å². The fourth-order valence-electron chi connectivity index (χ4n) is 2.34. The summed E-state index contributed by atoms with van der Waals surface area (Å²) in [7, 11) is 0. The van der Waals surface area contributed by atoms with E-state index in [0.29, 0.717) is 5.56 Å². The molecule has 2 rings (SSSR count). The van der Waals surface area contributed by atoms with Gasteiger partial charge in [-0.2, -0.15) is 5.26 Å². The Hall–Kier alpha value is -1.70. The first kappa shape index (κ1) is 14.7. The van der Waals surface area contributed by atoms with Crippen LogP contribution in [0, 0.1) is 25.2 Å². The van der Waals surface area contributed by atoms with Gasteiger partial charge in [0.1, 0.15) is 0 Å². The number of nitrogens with one attached hydrogen (secondary N) is 1. The van der Waals surface area contributed by atoms with Gasteiger partial charge >= 0.3 is 0 Å². The van der Waals surface area contributed by atoms with E-state index in [1.165, 1.54) is 10.4 Å². The van der Waals surface area contributed by atoms with Crippen molar-refractivity contribution in [1.29, 1.82) is 5.26 Å². The molecule has 0 radical (unpaired) electrons. The zero-order chi connectivity index (χ0) is 14.7. The van der Waals surface area contributed by atoms with Crippen LogP contribution in [-0.4, -0.2) is 4.98 Å². The van der Waals surface area contributed by atoms with Crippen molar-refractivity contribution in [1.82, 2.24) is 10.3 Å². The minimum Gasteiger partial charge on any atom is -0.303 e. The second kappa shape index (κ2) is 6.17. The van der Waals surface area contributed by atoms with Crippen LogP contribution in [0.15, 0.2) is 24.3 Å². The molecule has 0 spiro atoms. The van der Waals surface area contributed by atoms with E-state index in [1.807, 2.05) is 31.2 Å². The standard InChI is InChI=1S/C16H19N3S/c1-10(15-7-5-14(9-17)6-8-15)18-11(2)16-12(3)19-13(4)20-16/h5-8,10-11,18H,1-4H3. The van der Waals surface area contributed by atoms with Crippen molar-refractivity contribution in [2.24, 2.45) is 0 Å². The number of thiazole rings is 1. The molecule has 0 bridgehead atoms. The van der Waals surface area contributed by atoms with Gasteiger partial charge in [-0.1, -0.05) is 12.1 Å². The van der Waals surface area contributed by atoms with Crippen LogP contribution in [0.2, 0.25) is 0 Å². The molecule has 1 heterocycles. The average molecular weight is 285 g/mol. The molecule has 0 aliphatic carbocycles. The van der Waals surface area contributed by atoms with Gasteiger partial charge in [0.05, 0.1) is 22.3 Å². The Morgan fingerprint density at radius 2 is 1.80 bits per heavy atom. The highest BCUT2D eigenvalue weighted by Gasteiger charge is 2.15. The molecule has 1 aromatic carbocycles. The van der Waals surface area contributed by atoms with Crippen LogP contribution < -0.4 is 5.32 Å². The lowest BCUT2D eigenvalue weighted by Crippen LogP contribution is -2.22. The maximum atomic E-state index is 8.82. The molecule has 0 saturated heterocycles. The van der Waals surface area contributed by atoms with Gasteiger partial charge in [-0.15, -0.1) is 11.3 Å². The molecular weight excluding hydrogens is 266 g/mol. The molecule has 2 unspecified atom stereocenters. The van der Waals surface area contributed by atoms with E-state index < -0.39 is 0 Å². The summed E-state index contributed by atoms with van der Waals surface area (Å²) in [6.45, 7) is 8.41. The van der Waals surface area contributed by atoms with Crippen molar-refractivity contribution >= 4 is 11.3 Å². The summed E-state index contributed by atoms with van der Waals surface area (Å²) < 4.78 is 0. The fourth-order valence-corrected chi connectivity index (χ4v) is 3.28. The Kier molecular flexibility index (Phi) is 4.53. The molecule has 0 amide bonds. The number of rotatable bonds is 4. The van der Waals surface area contributed by atoms with Crippen LogP contribution >= 0.6 is 11.3 Å². The van der Waals surface area contributed by atoms with Crippen LogP contribution in [-0.2, 0) is 0 Å². The van der Waals surface area contributed by atoms with Gasteiger partial charge in [0.2, 0.25) is 0 Å². The Labute approximate surface area is 124 Å². The predicted molar refractivity (Wildman–Crippen MR) is 82.7 cm³/mol. The number of aromatic nitrogens is 1. The number of benzene rings is 1. The second-order valence-electron chi connectivity index (χ2n) is 5.03. The summed E-state index contributed by atoms with van der Waals surface area (Å²) in [5.74, 6) is 0. The van der Waals surface area contributed by atoms with Crippen molar-refractivity contribution in [3.05, 3.63) is 51.0 Å². The smallest absolute Gasteiger partial charge is 0.0991 e. The molecule has 1 N–H and O–H groups in total. The SMILES string of the molecule is Cc1nc(C)c(C(C)NC(C)c2ccc(C#N)cc2)s1. The quantitative estimate of drug-likeness (QED) is 0.922. The van der Waals surface area contributed by atoms with Gasteiger partial charge < -0.3 is 5.32 Å². The molecule has 4 heteroatoms. The Morgan fingerprint density at radius 1 is 1.15 bits per heavy atom. The highest BCUT2D eigenvalue weighted by molar-refractivity contribution is 7.11. The van der Waals surface area contributed by atoms with Crippen molar-refractivity contribution in [2.45, 2.75) is 39.8 Å². The van der Waals surface area contributed by atoms with Gasteiger partial charge in [0.15, 0.2) is 0 Å². The Morgan fingerprint density at radius 3 is 2.30 bits per heavy atom. The zero-order valence-electron chi connectivity index (χ0n) is 12.3. The zero-order valence-corrected chi connectivity index (χ0v) is 13.1. The topological polar surface area (TPSA) is 48.7 Å². The van der Waals surface area contributed by atoms with E-state index in [-0.39, 0.29) is 12.1 Å². The highest BCUT2D eigenvalue weighted by Crippen LogP contribution is 2.26. The minimum atomic E-state index is 0.236. The number of nitriles is 1. The summed E-state index contributed by atoms with van der Waals surface area (Å²) in [6.07, 6.45) is 0. The summed E-state index contributed by atoms with van der Waals surface area (Å²) in [6, 6.07) is 10.4. The summed E-state index contributed by atoms with van der Waals surface area (Å²) >= 11 is 1.75. The monoisotopic (exact) mass is 285 g/mol. The van der Waals surface area contributed by atoms with E-state index in [4.69, 9.17) is 5.26 Å². The predicted octanol–water partition coefficient (Wildman–Crippen LogP) is 4.04. The first-order valence-electron chi connectivity index (χ1n) is 6.71. The molecule has 0 saturated carbocycles. The molecule has 1 aromatic heterocycles. The van der Waals surface area contributed by atoms with Crippen molar-refractivity contribution in [3.8, 4) is 6.07 Å². The lowest BCUT2D eigenvalue weighted by molar-refractivity contribution is 0.498. The summed E-state index contributed by atoms with van der Waals surface area (Å²) in [5, 5.41) is 13.5. The van der Waals surface area contributed by atoms with E-state index >= 15 is 0 Å². The Balaban J connectivity index is 2.08. The van der Waals surface area contributed by atoms with Gasteiger partial charge in [0.25, 0.3) is 0 Å². The molecule has 0 aliphatic heterocycles. The molecular formula is C16H19N3S. The third kappa shape index (κ3) is 3.24. The van der Waals surface area contributed by atoms with E-state index in [2.05, 4.69) is 37.1 Å². The number of aryl methyl sites for hydroxylation is 2. The molecule has 2 atom stereocenters. The molecule has 3 nitrogen and oxygen atoms in total. The van der Waals surface area contributed by atoms with Crippen molar-refractivity contribution in [3.63, 3.8) is 0 Å². The van der Waals surface area contributed by atoms with Gasteiger partial charge in [-0.3, -0.25) is 0 Å². The largest absolute Gasteiger partial charge is 0.303 e. The highest BCUT2D eigenvalue weighted by atomic mass is 32.1. The van der Waals surface area contributed by atoms with E-state index in [0.717, 1.165) is 10.7 Å². The van der Waals surface area contributed by atoms with Gasteiger partial charge in [-0.05, 0) is 45.4 Å². The molecule has 104 valence electrons. The lowest BCUT2D eigenvalue weighted by Gasteiger charge is -2.20. The number of hydrogen-bond donors (Lipinski definition) is 1. The maximum Gasteiger partial charge on any atom is 0.0991 e. The summed E-state index contributed by atoms with van der Waals surface area (Å²) in [4.78, 5) is 5.77. The molecule has 0 fully saturated rings. The van der Waals surface area contributed by atoms with Crippen LogP contribution in [0.4, 0.5) is 0 Å². The van der Waals surface area contributed by atoms with Gasteiger partial charge in [0, 0.05) is 17.0 Å². The third-order valence-electron chi connectivity index (χ3n) is 3.37. The van der Waals surface area contributed by atoms with Gasteiger partial charge in [-0.25, -0.2) is 4.98 Å². The minimum absolute atomic E-state index is 0.236. The number of nitrogens with zero attached hydrogens (tertiary/aromatic N) is 2. The molecule has 2 aromatic rings. The molecule has 0 aliphatic rings. The fraction of sp³-hybridized carbons (Fsp3) is 0.375. The first-order chi connectivity index (χ1) is 9.51. The Bertz CT molecular complexity index is 622. The third-order valence-corrected chi connectivity index (χ3v) is 4.63. The normalized spacial score (nSPS) is 13.8. The molecule has 20 heavy (non-hydrogen) atoms. The van der Waals surface area contributed by atoms with Crippen molar-refractivity contribution < 1.29 is 0 Å². The van der Waals surface area contributed by atoms with Crippen LogP contribution in [0.1, 0.15) is 52.6 Å². The summed E-state index contributed by atoms with van der Waals surface area (Å²) in [5.41, 5.74) is 3.00. The van der Waals surface area contributed by atoms with Crippen LogP contribution in [0.5, 0.6) is 0 Å². The van der Waals surface area contributed by atoms with Crippen LogP contribution in [0.25, 0.3) is 0 Å². The number of hydrogen-bond acceptors (Lipinski definition) is 4. The second-order valence-corrected chi connectivity index (χ2v) is 6.26.